The molecule has 1 amide bonds. The van der Waals surface area contributed by atoms with E-state index in [1.54, 1.807) is 11.3 Å². The van der Waals surface area contributed by atoms with Gasteiger partial charge in [-0.2, -0.15) is 0 Å². The van der Waals surface area contributed by atoms with Crippen LogP contribution in [-0.4, -0.2) is 44.1 Å². The number of hydrogen-bond acceptors (Lipinski definition) is 6. The van der Waals surface area contributed by atoms with Gasteiger partial charge in [-0.05, 0) is 44.0 Å². The third kappa shape index (κ3) is 4.50. The fraction of sp³-hybridized carbons (Fsp3) is 0.333. The van der Waals surface area contributed by atoms with E-state index >= 15 is 0 Å². The Labute approximate surface area is 216 Å². The van der Waals surface area contributed by atoms with Crippen LogP contribution in [0.15, 0.2) is 53.0 Å². The average molecular weight is 522 g/mol. The minimum absolute atomic E-state index is 0.0911. The zero-order chi connectivity index (χ0) is 25.5. The highest BCUT2D eigenvalue weighted by molar-refractivity contribution is 7.10. The molecule has 1 unspecified atom stereocenters. The molecule has 0 saturated carbocycles. The van der Waals surface area contributed by atoms with Gasteiger partial charge in [-0.25, -0.2) is 18.7 Å². The van der Waals surface area contributed by atoms with Crippen molar-refractivity contribution in [2.75, 3.05) is 13.1 Å². The topological polar surface area (TPSA) is 72.6 Å². The highest BCUT2D eigenvalue weighted by Gasteiger charge is 2.31. The number of rotatable bonds is 5. The summed E-state index contributed by atoms with van der Waals surface area (Å²) < 4.78 is 30.3. The first-order chi connectivity index (χ1) is 18.0. The number of likely N-dealkylation sites (tertiary alicyclic amines) is 1. The number of para-hydroxylation sites is 2. The largest absolute Gasteiger partial charge is 0.387 e. The number of halogens is 2. The number of imidazole rings is 1. The van der Waals surface area contributed by atoms with Crippen LogP contribution in [0.25, 0.3) is 11.0 Å². The Bertz CT molecular complexity index is 1490. The van der Waals surface area contributed by atoms with Crippen molar-refractivity contribution in [3.63, 3.8) is 0 Å². The van der Waals surface area contributed by atoms with Crippen molar-refractivity contribution in [3.05, 3.63) is 81.6 Å². The predicted molar refractivity (Wildman–Crippen MR) is 136 cm³/mol. The van der Waals surface area contributed by atoms with Crippen molar-refractivity contribution < 1.29 is 18.4 Å². The molecule has 4 heterocycles. The predicted octanol–water partition coefficient (Wildman–Crippen LogP) is 5.35. The smallest absolute Gasteiger partial charge is 0.242 e. The third-order valence-corrected chi connectivity index (χ3v) is 8.15. The van der Waals surface area contributed by atoms with E-state index < -0.39 is 17.7 Å². The maximum atomic E-state index is 14.1. The minimum atomic E-state index is -0.799. The lowest BCUT2D eigenvalue weighted by Crippen LogP contribution is -2.39. The summed E-state index contributed by atoms with van der Waals surface area (Å²) >= 11 is 1.55. The minimum Gasteiger partial charge on any atom is -0.387 e. The molecule has 0 spiro atoms. The molecule has 2 aliphatic rings. The molecule has 0 aliphatic carbocycles. The molecule has 1 atom stereocenters. The lowest BCUT2D eigenvalue weighted by atomic mass is 9.97. The van der Waals surface area contributed by atoms with Crippen LogP contribution in [0.3, 0.4) is 0 Å². The van der Waals surface area contributed by atoms with Gasteiger partial charge in [0.1, 0.15) is 29.7 Å². The Kier molecular flexibility index (Phi) is 6.19. The number of oxime groups is 1. The van der Waals surface area contributed by atoms with Gasteiger partial charge in [-0.1, -0.05) is 23.4 Å². The molecule has 10 heteroatoms. The van der Waals surface area contributed by atoms with Gasteiger partial charge in [0.25, 0.3) is 0 Å². The van der Waals surface area contributed by atoms with Gasteiger partial charge in [0.15, 0.2) is 6.10 Å². The van der Waals surface area contributed by atoms with Gasteiger partial charge in [-0.3, -0.25) is 4.79 Å². The fourth-order valence-corrected chi connectivity index (χ4v) is 6.12. The molecule has 190 valence electrons. The maximum Gasteiger partial charge on any atom is 0.242 e. The standard InChI is InChI=1S/C27H25F2N5O2S/c1-16-30-20-7-2-3-8-23(20)34(16)14-25(35)33-11-9-17(10-12-33)27-31-22(15-37-27)21-13-24(36-32-21)26-18(28)5-4-6-19(26)29/h2-8,15,17,24H,9-14H2,1H3. The fourth-order valence-electron chi connectivity index (χ4n) is 5.12. The van der Waals surface area contributed by atoms with Crippen LogP contribution < -0.4 is 0 Å². The number of amides is 1. The number of piperidine rings is 1. The monoisotopic (exact) mass is 521 g/mol. The molecule has 4 aromatic rings. The molecule has 0 radical (unpaired) electrons. The van der Waals surface area contributed by atoms with Crippen molar-refractivity contribution in [1.29, 1.82) is 0 Å². The van der Waals surface area contributed by atoms with Crippen molar-refractivity contribution in [2.24, 2.45) is 5.16 Å². The summed E-state index contributed by atoms with van der Waals surface area (Å²) in [5.41, 5.74) is 3.03. The Morgan fingerprint density at radius 3 is 2.62 bits per heavy atom. The summed E-state index contributed by atoms with van der Waals surface area (Å²) in [6.45, 7) is 3.54. The molecular formula is C27H25F2N5O2S. The molecule has 0 N–H and O–H groups in total. The maximum absolute atomic E-state index is 14.1. The second-order valence-electron chi connectivity index (χ2n) is 9.43. The van der Waals surface area contributed by atoms with Crippen LogP contribution in [0.5, 0.6) is 0 Å². The first-order valence-electron chi connectivity index (χ1n) is 12.3. The summed E-state index contributed by atoms with van der Waals surface area (Å²) in [5, 5.41) is 6.98. The van der Waals surface area contributed by atoms with E-state index in [4.69, 9.17) is 9.82 Å². The number of thiazole rings is 1. The van der Waals surface area contributed by atoms with Crippen molar-refractivity contribution in [3.8, 4) is 0 Å². The van der Waals surface area contributed by atoms with Gasteiger partial charge in [0, 0.05) is 30.8 Å². The third-order valence-electron chi connectivity index (χ3n) is 7.14. The van der Waals surface area contributed by atoms with Crippen LogP contribution >= 0.6 is 11.3 Å². The zero-order valence-electron chi connectivity index (χ0n) is 20.2. The van der Waals surface area contributed by atoms with Gasteiger partial charge in [0.2, 0.25) is 5.91 Å². The van der Waals surface area contributed by atoms with Crippen molar-refractivity contribution in [2.45, 2.75) is 44.8 Å². The lowest BCUT2D eigenvalue weighted by molar-refractivity contribution is -0.132. The molecule has 2 aromatic carbocycles. The second kappa shape index (κ2) is 9.66. The number of fused-ring (bicyclic) bond motifs is 1. The molecule has 6 rings (SSSR count). The van der Waals surface area contributed by atoms with E-state index in [0.717, 1.165) is 34.7 Å². The zero-order valence-corrected chi connectivity index (χ0v) is 21.0. The summed E-state index contributed by atoms with van der Waals surface area (Å²) in [6, 6.07) is 11.6. The van der Waals surface area contributed by atoms with Gasteiger partial charge in [-0.15, -0.1) is 11.3 Å². The number of hydrogen-bond donors (Lipinski definition) is 0. The molecule has 7 nitrogen and oxygen atoms in total. The Morgan fingerprint density at radius 2 is 1.84 bits per heavy atom. The van der Waals surface area contributed by atoms with E-state index in [9.17, 15) is 13.6 Å². The molecule has 0 bridgehead atoms. The number of carbonyl (C=O) groups is 1. The first kappa shape index (κ1) is 23.7. The quantitative estimate of drug-likeness (QED) is 0.355. The van der Waals surface area contributed by atoms with Gasteiger partial charge < -0.3 is 14.3 Å². The van der Waals surface area contributed by atoms with E-state index in [1.807, 2.05) is 46.0 Å². The normalized spacial score (nSPS) is 18.3. The Balaban J connectivity index is 1.07. The molecule has 1 fully saturated rings. The SMILES string of the molecule is Cc1nc2ccccc2n1CC(=O)N1CCC(c2nc(C3=NOC(c4c(F)cccc4F)C3)cs2)CC1. The Hall–Kier alpha value is -3.66. The van der Waals surface area contributed by atoms with Crippen LogP contribution in [-0.2, 0) is 16.2 Å². The van der Waals surface area contributed by atoms with Gasteiger partial charge in [0.05, 0.1) is 27.3 Å². The summed E-state index contributed by atoms with van der Waals surface area (Å²) in [6.07, 6.45) is 1.12. The molecule has 2 aliphatic heterocycles. The molecule has 37 heavy (non-hydrogen) atoms. The highest BCUT2D eigenvalue weighted by atomic mass is 32.1. The molecule has 2 aromatic heterocycles. The first-order valence-corrected chi connectivity index (χ1v) is 13.2. The van der Waals surface area contributed by atoms with Crippen molar-refractivity contribution in [1.82, 2.24) is 19.4 Å². The van der Waals surface area contributed by atoms with E-state index in [-0.39, 0.29) is 30.4 Å². The van der Waals surface area contributed by atoms with Crippen LogP contribution in [0, 0.1) is 18.6 Å². The summed E-state index contributed by atoms with van der Waals surface area (Å²) in [4.78, 5) is 29.7. The second-order valence-corrected chi connectivity index (χ2v) is 10.3. The van der Waals surface area contributed by atoms with E-state index in [1.165, 1.54) is 18.2 Å². The highest BCUT2D eigenvalue weighted by Crippen LogP contribution is 2.35. The lowest BCUT2D eigenvalue weighted by Gasteiger charge is -2.31. The number of benzene rings is 2. The number of carbonyl (C=O) groups excluding carboxylic acids is 1. The summed E-state index contributed by atoms with van der Waals surface area (Å²) in [7, 11) is 0. The number of aryl methyl sites for hydroxylation is 1. The van der Waals surface area contributed by atoms with E-state index in [0.29, 0.717) is 24.5 Å². The number of nitrogens with zero attached hydrogens (tertiary/aromatic N) is 5. The van der Waals surface area contributed by atoms with Crippen molar-refractivity contribution >= 4 is 34.0 Å². The van der Waals surface area contributed by atoms with E-state index in [2.05, 4.69) is 10.1 Å². The van der Waals surface area contributed by atoms with Crippen LogP contribution in [0.2, 0.25) is 0 Å². The summed E-state index contributed by atoms with van der Waals surface area (Å²) in [5.74, 6) is -0.107. The van der Waals surface area contributed by atoms with Crippen LogP contribution in [0.4, 0.5) is 8.78 Å². The number of aromatic nitrogens is 3. The molecule has 1 saturated heterocycles. The average Bonchev–Trinajstić information content (AvgIpc) is 3.64. The Morgan fingerprint density at radius 1 is 1.08 bits per heavy atom. The van der Waals surface area contributed by atoms with Crippen LogP contribution in [0.1, 0.15) is 53.4 Å². The van der Waals surface area contributed by atoms with Gasteiger partial charge >= 0.3 is 0 Å². The molecular weight excluding hydrogens is 496 g/mol.